The Bertz CT molecular complexity index is 1450. The van der Waals surface area contributed by atoms with Gasteiger partial charge < -0.3 is 18.6 Å². The summed E-state index contributed by atoms with van der Waals surface area (Å²) >= 11 is 0. The molecule has 4 aromatic rings. The van der Waals surface area contributed by atoms with Gasteiger partial charge in [0.15, 0.2) is 5.58 Å². The van der Waals surface area contributed by atoms with E-state index in [1.165, 1.54) is 0 Å². The molecule has 168 valence electrons. The van der Waals surface area contributed by atoms with Gasteiger partial charge in [-0.15, -0.1) is 0 Å². The maximum absolute atomic E-state index is 12.9. The second kappa shape index (κ2) is 8.05. The molecule has 3 heterocycles. The van der Waals surface area contributed by atoms with Crippen LogP contribution in [0.3, 0.4) is 0 Å². The Hall–Kier alpha value is -3.63. The zero-order valence-corrected chi connectivity index (χ0v) is 19.1. The zero-order chi connectivity index (χ0) is 23.2. The molecular weight excluding hydrogens is 416 g/mol. The molecule has 7 heteroatoms. The summed E-state index contributed by atoms with van der Waals surface area (Å²) < 4.78 is 13.0. The number of benzene rings is 2. The van der Waals surface area contributed by atoms with Gasteiger partial charge >= 0.3 is 0 Å². The van der Waals surface area contributed by atoms with E-state index >= 15 is 0 Å². The SMILES string of the molecule is COCc1ccc2nc(C3(C)CCN(c4c(C#N)c(=O)n(C)c5ccccc45)CC3)oc2c1. The lowest BCUT2D eigenvalue weighted by Crippen LogP contribution is -2.42. The van der Waals surface area contributed by atoms with Gasteiger partial charge in [0.1, 0.15) is 17.1 Å². The lowest BCUT2D eigenvalue weighted by atomic mass is 9.80. The molecule has 0 atom stereocenters. The summed E-state index contributed by atoms with van der Waals surface area (Å²) in [5, 5.41) is 10.7. The van der Waals surface area contributed by atoms with Crippen molar-refractivity contribution in [3.05, 3.63) is 69.8 Å². The lowest BCUT2D eigenvalue weighted by molar-refractivity contribution is 0.185. The second-order valence-electron chi connectivity index (χ2n) is 9.02. The van der Waals surface area contributed by atoms with Crippen molar-refractivity contribution in [2.24, 2.45) is 7.05 Å². The number of hydrogen-bond donors (Lipinski definition) is 0. The molecule has 7 nitrogen and oxygen atoms in total. The fourth-order valence-corrected chi connectivity index (χ4v) is 4.83. The number of ether oxygens (including phenoxy) is 1. The number of aromatic nitrogens is 2. The van der Waals surface area contributed by atoms with E-state index in [4.69, 9.17) is 14.1 Å². The van der Waals surface area contributed by atoms with Crippen molar-refractivity contribution >= 4 is 27.7 Å². The van der Waals surface area contributed by atoms with E-state index in [2.05, 4.69) is 17.9 Å². The molecule has 0 amide bonds. The number of nitrogens with zero attached hydrogens (tertiary/aromatic N) is 4. The average Bonchev–Trinajstić information content (AvgIpc) is 3.27. The normalized spacial score (nSPS) is 15.8. The number of piperidine rings is 1. The molecule has 1 aliphatic rings. The summed E-state index contributed by atoms with van der Waals surface area (Å²) in [7, 11) is 3.39. The van der Waals surface area contributed by atoms with Crippen LogP contribution in [0.25, 0.3) is 22.0 Å². The van der Waals surface area contributed by atoms with E-state index in [1.54, 1.807) is 18.7 Å². The number of nitriles is 1. The molecular formula is C26H26N4O3. The van der Waals surface area contributed by atoms with Gasteiger partial charge in [-0.3, -0.25) is 4.79 Å². The predicted octanol–water partition coefficient (Wildman–Crippen LogP) is 4.26. The van der Waals surface area contributed by atoms with E-state index in [1.807, 2.05) is 42.5 Å². The molecule has 0 bridgehead atoms. The highest BCUT2D eigenvalue weighted by Crippen LogP contribution is 2.39. The Morgan fingerprint density at radius 3 is 2.70 bits per heavy atom. The number of oxazole rings is 1. The van der Waals surface area contributed by atoms with Gasteiger partial charge in [0.2, 0.25) is 5.89 Å². The molecule has 33 heavy (non-hydrogen) atoms. The monoisotopic (exact) mass is 442 g/mol. The Balaban J connectivity index is 1.48. The average molecular weight is 443 g/mol. The number of anilines is 1. The number of para-hydroxylation sites is 1. The van der Waals surface area contributed by atoms with Gasteiger partial charge in [0.05, 0.1) is 17.8 Å². The van der Waals surface area contributed by atoms with Crippen molar-refractivity contribution in [1.29, 1.82) is 5.26 Å². The van der Waals surface area contributed by atoms with Crippen molar-refractivity contribution in [1.82, 2.24) is 9.55 Å². The second-order valence-corrected chi connectivity index (χ2v) is 9.02. The molecule has 0 unspecified atom stereocenters. The van der Waals surface area contributed by atoms with Crippen LogP contribution in [-0.4, -0.2) is 29.8 Å². The fraction of sp³-hybridized carbons (Fsp3) is 0.346. The molecule has 2 aromatic heterocycles. The Morgan fingerprint density at radius 2 is 1.97 bits per heavy atom. The maximum Gasteiger partial charge on any atom is 0.270 e. The Morgan fingerprint density at radius 1 is 1.21 bits per heavy atom. The molecule has 1 aliphatic heterocycles. The van der Waals surface area contributed by atoms with Crippen LogP contribution in [0.2, 0.25) is 0 Å². The minimum absolute atomic E-state index is 0.201. The highest BCUT2D eigenvalue weighted by molar-refractivity contribution is 5.95. The molecule has 1 fully saturated rings. The summed E-state index contributed by atoms with van der Waals surface area (Å²) in [6.45, 7) is 4.12. The largest absolute Gasteiger partial charge is 0.440 e. The maximum atomic E-state index is 12.9. The first-order valence-electron chi connectivity index (χ1n) is 11.1. The number of pyridine rings is 1. The molecule has 0 saturated carbocycles. The smallest absolute Gasteiger partial charge is 0.270 e. The van der Waals surface area contributed by atoms with Gasteiger partial charge in [0, 0.05) is 38.0 Å². The van der Waals surface area contributed by atoms with Crippen LogP contribution in [0.15, 0.2) is 51.7 Å². The highest BCUT2D eigenvalue weighted by atomic mass is 16.5. The summed E-state index contributed by atoms with van der Waals surface area (Å²) in [5.41, 5.74) is 3.95. The summed E-state index contributed by atoms with van der Waals surface area (Å²) in [5.74, 6) is 0.737. The minimum atomic E-state index is -0.259. The van der Waals surface area contributed by atoms with Crippen molar-refractivity contribution in [2.75, 3.05) is 25.1 Å². The van der Waals surface area contributed by atoms with Gasteiger partial charge in [-0.1, -0.05) is 31.2 Å². The zero-order valence-electron chi connectivity index (χ0n) is 19.1. The third-order valence-electron chi connectivity index (χ3n) is 6.85. The third-order valence-corrected chi connectivity index (χ3v) is 6.85. The standard InChI is InChI=1S/C26H26N4O3/c1-26(25-28-20-9-8-17(16-32-3)14-22(20)33-25)10-12-30(13-11-26)23-18-6-4-5-7-21(18)29(2)24(31)19(23)15-27/h4-9,14H,10-13,16H2,1-3H3. The van der Waals surface area contributed by atoms with Crippen LogP contribution >= 0.6 is 0 Å². The van der Waals surface area contributed by atoms with Crippen LogP contribution in [-0.2, 0) is 23.8 Å². The van der Waals surface area contributed by atoms with Crippen molar-refractivity contribution < 1.29 is 9.15 Å². The predicted molar refractivity (Wildman–Crippen MR) is 127 cm³/mol. The van der Waals surface area contributed by atoms with Crippen LogP contribution in [0.4, 0.5) is 5.69 Å². The molecule has 1 saturated heterocycles. The number of aryl methyl sites for hydroxylation is 1. The van der Waals surface area contributed by atoms with Crippen molar-refractivity contribution in [3.8, 4) is 6.07 Å². The minimum Gasteiger partial charge on any atom is -0.440 e. The topological polar surface area (TPSA) is 84.3 Å². The first kappa shape index (κ1) is 21.2. The Labute approximate surface area is 191 Å². The van der Waals surface area contributed by atoms with Crippen molar-refractivity contribution in [2.45, 2.75) is 31.8 Å². The Kier molecular flexibility index (Phi) is 5.18. The van der Waals surface area contributed by atoms with Crippen LogP contribution in [0.5, 0.6) is 0 Å². The highest BCUT2D eigenvalue weighted by Gasteiger charge is 2.37. The molecule has 0 radical (unpaired) electrons. The van der Waals surface area contributed by atoms with Gasteiger partial charge in [-0.25, -0.2) is 4.98 Å². The van der Waals surface area contributed by atoms with E-state index in [9.17, 15) is 10.1 Å². The van der Waals surface area contributed by atoms with Crippen LogP contribution in [0.1, 0.15) is 36.8 Å². The van der Waals surface area contributed by atoms with E-state index in [0.29, 0.717) is 19.7 Å². The number of fused-ring (bicyclic) bond motifs is 2. The number of hydrogen-bond acceptors (Lipinski definition) is 6. The van der Waals surface area contributed by atoms with Gasteiger partial charge in [0.25, 0.3) is 5.56 Å². The summed E-state index contributed by atoms with van der Waals surface area (Å²) in [4.78, 5) is 19.8. The molecule has 0 N–H and O–H groups in total. The van der Waals surface area contributed by atoms with Gasteiger partial charge in [-0.05, 0) is 36.6 Å². The first-order valence-corrected chi connectivity index (χ1v) is 11.1. The third kappa shape index (κ3) is 3.47. The summed E-state index contributed by atoms with van der Waals surface area (Å²) in [6.07, 6.45) is 1.61. The molecule has 0 spiro atoms. The molecule has 5 rings (SSSR count). The fourth-order valence-electron chi connectivity index (χ4n) is 4.83. The van der Waals surface area contributed by atoms with E-state index in [0.717, 1.165) is 52.0 Å². The quantitative estimate of drug-likeness (QED) is 0.470. The van der Waals surface area contributed by atoms with Crippen LogP contribution < -0.4 is 10.5 Å². The molecule has 2 aromatic carbocycles. The van der Waals surface area contributed by atoms with E-state index in [-0.39, 0.29) is 16.5 Å². The van der Waals surface area contributed by atoms with Crippen molar-refractivity contribution in [3.63, 3.8) is 0 Å². The summed E-state index contributed by atoms with van der Waals surface area (Å²) in [6, 6.07) is 15.9. The molecule has 0 aliphatic carbocycles. The lowest BCUT2D eigenvalue weighted by Gasteiger charge is -2.39. The number of rotatable bonds is 4. The van der Waals surface area contributed by atoms with Gasteiger partial charge in [-0.2, -0.15) is 5.26 Å². The van der Waals surface area contributed by atoms with Crippen LogP contribution in [0, 0.1) is 11.3 Å². The van der Waals surface area contributed by atoms with E-state index < -0.39 is 0 Å². The number of methoxy groups -OCH3 is 1. The first-order chi connectivity index (χ1) is 15.9.